The van der Waals surface area contributed by atoms with Crippen molar-refractivity contribution in [2.75, 3.05) is 34.4 Å². The van der Waals surface area contributed by atoms with E-state index in [2.05, 4.69) is 5.32 Å². The fourth-order valence-electron chi connectivity index (χ4n) is 2.54. The standard InChI is InChI=1S/C21H22Cl2N2O6/c1-25(11-13-4-6-15(22)16(23)8-13)19(26)12-31-20(27)10-24-21(28)14-5-7-17(29-2)18(9-14)30-3/h4-9H,10-12H2,1-3H3,(H,24,28). The molecule has 0 unspecified atom stereocenters. The molecule has 0 atom stereocenters. The van der Waals surface area contributed by atoms with Gasteiger partial charge >= 0.3 is 5.97 Å². The lowest BCUT2D eigenvalue weighted by molar-refractivity contribution is -0.150. The number of nitrogens with one attached hydrogen (secondary N) is 1. The highest BCUT2D eigenvalue weighted by Crippen LogP contribution is 2.27. The van der Waals surface area contributed by atoms with Gasteiger partial charge in [0, 0.05) is 19.2 Å². The molecule has 10 heteroatoms. The minimum Gasteiger partial charge on any atom is -0.493 e. The first kappa shape index (κ1) is 24.3. The lowest BCUT2D eigenvalue weighted by Crippen LogP contribution is -2.34. The Balaban J connectivity index is 1.79. The SMILES string of the molecule is COc1ccc(C(=O)NCC(=O)OCC(=O)N(C)Cc2ccc(Cl)c(Cl)c2)cc1OC. The molecule has 2 amide bonds. The molecule has 2 aromatic carbocycles. The molecule has 0 bridgehead atoms. The van der Waals surface area contributed by atoms with Crippen LogP contribution in [-0.4, -0.2) is 57.1 Å². The van der Waals surface area contributed by atoms with Crippen LogP contribution in [-0.2, 0) is 20.9 Å². The number of methoxy groups -OCH3 is 2. The van der Waals surface area contributed by atoms with Crippen molar-refractivity contribution >= 4 is 41.0 Å². The van der Waals surface area contributed by atoms with E-state index in [1.807, 2.05) is 0 Å². The van der Waals surface area contributed by atoms with Crippen LogP contribution in [0.25, 0.3) is 0 Å². The predicted molar refractivity (Wildman–Crippen MR) is 116 cm³/mol. The summed E-state index contributed by atoms with van der Waals surface area (Å²) in [5, 5.41) is 3.24. The third-order valence-electron chi connectivity index (χ3n) is 4.23. The van der Waals surface area contributed by atoms with Crippen molar-refractivity contribution in [2.24, 2.45) is 0 Å². The number of likely N-dealkylation sites (N-methyl/N-ethyl adjacent to an activating group) is 1. The second-order valence-electron chi connectivity index (χ2n) is 6.41. The maximum absolute atomic E-state index is 12.2. The lowest BCUT2D eigenvalue weighted by Gasteiger charge is -2.17. The van der Waals surface area contributed by atoms with E-state index in [0.29, 0.717) is 21.5 Å². The van der Waals surface area contributed by atoms with Gasteiger partial charge in [-0.2, -0.15) is 0 Å². The molecular formula is C21H22Cl2N2O6. The Kier molecular flexibility index (Phi) is 8.96. The summed E-state index contributed by atoms with van der Waals surface area (Å²) >= 11 is 11.8. The van der Waals surface area contributed by atoms with Gasteiger partial charge < -0.3 is 24.4 Å². The molecule has 1 N–H and O–H groups in total. The average Bonchev–Trinajstić information content (AvgIpc) is 2.77. The third kappa shape index (κ3) is 7.04. The Morgan fingerprint density at radius 3 is 2.32 bits per heavy atom. The van der Waals surface area contributed by atoms with E-state index in [-0.39, 0.29) is 12.1 Å². The van der Waals surface area contributed by atoms with Gasteiger partial charge in [0.05, 0.1) is 24.3 Å². The van der Waals surface area contributed by atoms with Gasteiger partial charge in [-0.1, -0.05) is 29.3 Å². The van der Waals surface area contributed by atoms with Crippen LogP contribution < -0.4 is 14.8 Å². The summed E-state index contributed by atoms with van der Waals surface area (Å²) in [6.45, 7) is -0.580. The van der Waals surface area contributed by atoms with Gasteiger partial charge in [-0.3, -0.25) is 14.4 Å². The molecule has 0 fully saturated rings. The minimum absolute atomic E-state index is 0.267. The van der Waals surface area contributed by atoms with E-state index in [4.69, 9.17) is 37.4 Å². The molecule has 8 nitrogen and oxygen atoms in total. The molecule has 0 aliphatic rings. The number of benzene rings is 2. The number of carbonyl (C=O) groups excluding carboxylic acids is 3. The zero-order valence-electron chi connectivity index (χ0n) is 17.2. The number of ether oxygens (including phenoxy) is 3. The van der Waals surface area contributed by atoms with Crippen LogP contribution in [0.2, 0.25) is 10.0 Å². The van der Waals surface area contributed by atoms with Gasteiger partial charge in [0.2, 0.25) is 0 Å². The smallest absolute Gasteiger partial charge is 0.325 e. The van der Waals surface area contributed by atoms with Crippen LogP contribution in [0, 0.1) is 0 Å². The molecule has 0 radical (unpaired) electrons. The molecule has 2 aromatic rings. The fourth-order valence-corrected chi connectivity index (χ4v) is 2.86. The first-order valence-electron chi connectivity index (χ1n) is 9.09. The van der Waals surface area contributed by atoms with E-state index in [9.17, 15) is 14.4 Å². The summed E-state index contributed by atoms with van der Waals surface area (Å²) < 4.78 is 15.2. The molecule has 0 saturated carbocycles. The van der Waals surface area contributed by atoms with Crippen LogP contribution in [0.4, 0.5) is 0 Å². The van der Waals surface area contributed by atoms with Gasteiger partial charge in [-0.15, -0.1) is 0 Å². The lowest BCUT2D eigenvalue weighted by atomic mass is 10.2. The maximum atomic E-state index is 12.2. The number of esters is 1. The quantitative estimate of drug-likeness (QED) is 0.568. The van der Waals surface area contributed by atoms with Crippen molar-refractivity contribution in [1.29, 1.82) is 0 Å². The fraction of sp³-hybridized carbons (Fsp3) is 0.286. The first-order valence-corrected chi connectivity index (χ1v) is 9.84. The maximum Gasteiger partial charge on any atom is 0.325 e. The van der Waals surface area contributed by atoms with Crippen molar-refractivity contribution in [2.45, 2.75) is 6.54 Å². The number of nitrogens with zero attached hydrogens (tertiary/aromatic N) is 1. The van der Waals surface area contributed by atoms with Crippen molar-refractivity contribution in [3.8, 4) is 11.5 Å². The first-order chi connectivity index (χ1) is 14.7. The van der Waals surface area contributed by atoms with Crippen molar-refractivity contribution in [1.82, 2.24) is 10.2 Å². The second kappa shape index (κ2) is 11.4. The molecule has 31 heavy (non-hydrogen) atoms. The highest BCUT2D eigenvalue weighted by Gasteiger charge is 2.15. The molecule has 2 rings (SSSR count). The summed E-state index contributed by atoms with van der Waals surface area (Å²) in [4.78, 5) is 37.6. The Morgan fingerprint density at radius 2 is 1.68 bits per heavy atom. The van der Waals surface area contributed by atoms with Crippen LogP contribution in [0.15, 0.2) is 36.4 Å². The number of carbonyl (C=O) groups is 3. The Hall–Kier alpha value is -2.97. The van der Waals surface area contributed by atoms with Gasteiger partial charge in [0.1, 0.15) is 6.54 Å². The van der Waals surface area contributed by atoms with Gasteiger partial charge in [-0.05, 0) is 35.9 Å². The second-order valence-corrected chi connectivity index (χ2v) is 7.23. The normalized spacial score (nSPS) is 10.2. The molecular weight excluding hydrogens is 447 g/mol. The number of rotatable bonds is 9. The molecule has 0 aromatic heterocycles. The molecule has 166 valence electrons. The zero-order chi connectivity index (χ0) is 23.0. The Morgan fingerprint density at radius 1 is 0.968 bits per heavy atom. The van der Waals surface area contributed by atoms with Crippen LogP contribution in [0.1, 0.15) is 15.9 Å². The van der Waals surface area contributed by atoms with Crippen molar-refractivity contribution < 1.29 is 28.6 Å². The summed E-state index contributed by atoms with van der Waals surface area (Å²) in [5.74, 6) is -0.799. The number of hydrogen-bond donors (Lipinski definition) is 1. The third-order valence-corrected chi connectivity index (χ3v) is 4.96. The summed E-state index contributed by atoms with van der Waals surface area (Å²) in [6.07, 6.45) is 0. The van der Waals surface area contributed by atoms with Crippen LogP contribution >= 0.6 is 23.2 Å². The van der Waals surface area contributed by atoms with E-state index in [0.717, 1.165) is 5.56 Å². The van der Waals surface area contributed by atoms with Gasteiger partial charge in [0.25, 0.3) is 11.8 Å². The largest absolute Gasteiger partial charge is 0.493 e. The van der Waals surface area contributed by atoms with E-state index < -0.39 is 30.9 Å². The monoisotopic (exact) mass is 468 g/mol. The summed E-state index contributed by atoms with van der Waals surface area (Å²) in [5.41, 5.74) is 1.06. The number of hydrogen-bond acceptors (Lipinski definition) is 6. The topological polar surface area (TPSA) is 94.2 Å². The minimum atomic E-state index is -0.745. The number of halogens is 2. The van der Waals surface area contributed by atoms with Crippen LogP contribution in [0.5, 0.6) is 11.5 Å². The van der Waals surface area contributed by atoms with Crippen molar-refractivity contribution in [3.63, 3.8) is 0 Å². The van der Waals surface area contributed by atoms with E-state index in [1.165, 1.54) is 31.3 Å². The molecule has 0 aliphatic carbocycles. The molecule has 0 saturated heterocycles. The van der Waals surface area contributed by atoms with E-state index in [1.54, 1.807) is 31.3 Å². The molecule has 0 aliphatic heterocycles. The summed E-state index contributed by atoms with van der Waals surface area (Å²) in [6, 6.07) is 9.63. The van der Waals surface area contributed by atoms with Crippen molar-refractivity contribution in [3.05, 3.63) is 57.6 Å². The number of amides is 2. The molecule has 0 heterocycles. The Labute approximate surface area is 190 Å². The predicted octanol–water partition coefficient (Wildman–Crippen LogP) is 2.94. The van der Waals surface area contributed by atoms with E-state index >= 15 is 0 Å². The average molecular weight is 469 g/mol. The molecule has 0 spiro atoms. The Bertz CT molecular complexity index is 967. The summed E-state index contributed by atoms with van der Waals surface area (Å²) in [7, 11) is 4.50. The van der Waals surface area contributed by atoms with Gasteiger partial charge in [0.15, 0.2) is 18.1 Å². The highest BCUT2D eigenvalue weighted by molar-refractivity contribution is 6.42. The van der Waals surface area contributed by atoms with Crippen LogP contribution in [0.3, 0.4) is 0 Å². The highest BCUT2D eigenvalue weighted by atomic mass is 35.5. The van der Waals surface area contributed by atoms with Gasteiger partial charge in [-0.25, -0.2) is 0 Å². The zero-order valence-corrected chi connectivity index (χ0v) is 18.7.